The van der Waals surface area contributed by atoms with Gasteiger partial charge in [0, 0.05) is 20.6 Å². The van der Waals surface area contributed by atoms with Crippen molar-refractivity contribution in [3.05, 3.63) is 11.5 Å². The number of nitrogens with one attached hydrogen (secondary N) is 1. The van der Waals surface area contributed by atoms with E-state index in [4.69, 9.17) is 16.3 Å². The van der Waals surface area contributed by atoms with E-state index in [1.165, 1.54) is 23.2 Å². The first-order valence-corrected chi connectivity index (χ1v) is 7.47. The van der Waals surface area contributed by atoms with Crippen molar-refractivity contribution < 1.29 is 14.3 Å². The molecule has 126 valence electrons. The minimum absolute atomic E-state index is 0.166. The highest BCUT2D eigenvalue weighted by Gasteiger charge is 2.36. The standard InChI is InChI=1S/C14H20ClN5O3/c1-14(2,3)23-13(22)19(4)8-6-16-11-9(20(5)12(8)21)10(15)17-7-18-11/h7-8H,6H2,1-5H3,(H,16,17,18)/t8-/m0/s1. The molecule has 1 atom stereocenters. The number of rotatable bonds is 1. The zero-order valence-corrected chi connectivity index (χ0v) is 14.5. The summed E-state index contributed by atoms with van der Waals surface area (Å²) in [5, 5.41) is 3.19. The average molecular weight is 342 g/mol. The maximum atomic E-state index is 12.7. The highest BCUT2D eigenvalue weighted by atomic mass is 35.5. The predicted molar refractivity (Wildman–Crippen MR) is 86.7 cm³/mol. The summed E-state index contributed by atoms with van der Waals surface area (Å²) in [6, 6.07) is -0.750. The molecule has 1 aromatic heterocycles. The number of amides is 2. The van der Waals surface area contributed by atoms with Crippen LogP contribution in [0.5, 0.6) is 0 Å². The maximum absolute atomic E-state index is 12.7. The van der Waals surface area contributed by atoms with Gasteiger partial charge in [0.05, 0.1) is 0 Å². The molecule has 0 fully saturated rings. The topological polar surface area (TPSA) is 87.7 Å². The Balaban J connectivity index is 2.26. The van der Waals surface area contributed by atoms with Gasteiger partial charge in [0.2, 0.25) is 0 Å². The third kappa shape index (κ3) is 3.64. The van der Waals surface area contributed by atoms with Crippen molar-refractivity contribution in [3.8, 4) is 0 Å². The highest BCUT2D eigenvalue weighted by molar-refractivity contribution is 6.33. The molecule has 0 aliphatic carbocycles. The molecule has 8 nitrogen and oxygen atoms in total. The third-order valence-corrected chi connectivity index (χ3v) is 3.62. The van der Waals surface area contributed by atoms with E-state index in [9.17, 15) is 9.59 Å². The van der Waals surface area contributed by atoms with E-state index in [0.29, 0.717) is 11.5 Å². The maximum Gasteiger partial charge on any atom is 0.410 e. The van der Waals surface area contributed by atoms with Gasteiger partial charge in [-0.25, -0.2) is 14.8 Å². The van der Waals surface area contributed by atoms with Gasteiger partial charge in [-0.15, -0.1) is 0 Å². The normalized spacial score (nSPS) is 17.9. The number of halogens is 1. The van der Waals surface area contributed by atoms with Crippen LogP contribution in [0.2, 0.25) is 5.15 Å². The van der Waals surface area contributed by atoms with E-state index in [1.54, 1.807) is 27.8 Å². The Kier molecular flexibility index (Phi) is 4.65. The first kappa shape index (κ1) is 17.3. The molecule has 1 aliphatic rings. The molecule has 2 amide bonds. The Morgan fingerprint density at radius 3 is 2.74 bits per heavy atom. The number of fused-ring (bicyclic) bond motifs is 1. The van der Waals surface area contributed by atoms with E-state index < -0.39 is 17.7 Å². The van der Waals surface area contributed by atoms with Crippen molar-refractivity contribution in [2.75, 3.05) is 30.9 Å². The summed E-state index contributed by atoms with van der Waals surface area (Å²) in [4.78, 5) is 35.5. The van der Waals surface area contributed by atoms with Crippen molar-refractivity contribution in [1.82, 2.24) is 14.9 Å². The molecule has 1 aromatic rings. The lowest BCUT2D eigenvalue weighted by Crippen LogP contribution is -2.51. The van der Waals surface area contributed by atoms with E-state index >= 15 is 0 Å². The van der Waals surface area contributed by atoms with Crippen LogP contribution >= 0.6 is 11.6 Å². The Morgan fingerprint density at radius 1 is 1.48 bits per heavy atom. The molecule has 0 bridgehead atoms. The molecule has 0 aromatic carbocycles. The van der Waals surface area contributed by atoms with Crippen molar-refractivity contribution in [2.24, 2.45) is 0 Å². The van der Waals surface area contributed by atoms with Gasteiger partial charge in [0.15, 0.2) is 11.0 Å². The Bertz CT molecular complexity index is 631. The molecule has 0 unspecified atom stereocenters. The fourth-order valence-electron chi connectivity index (χ4n) is 2.16. The second-order valence-electron chi connectivity index (χ2n) is 6.25. The van der Waals surface area contributed by atoms with Crippen LogP contribution in [0.3, 0.4) is 0 Å². The van der Waals surface area contributed by atoms with Crippen molar-refractivity contribution in [1.29, 1.82) is 0 Å². The van der Waals surface area contributed by atoms with Gasteiger partial charge >= 0.3 is 6.09 Å². The quantitative estimate of drug-likeness (QED) is 0.783. The van der Waals surface area contributed by atoms with E-state index in [1.807, 2.05) is 0 Å². The van der Waals surface area contributed by atoms with E-state index in [0.717, 1.165) is 0 Å². The summed E-state index contributed by atoms with van der Waals surface area (Å²) >= 11 is 6.06. The number of anilines is 2. The Hall–Kier alpha value is -2.09. The first-order chi connectivity index (χ1) is 10.6. The number of likely N-dealkylation sites (N-methyl/N-ethyl adjacent to an activating group) is 2. The molecular formula is C14H20ClN5O3. The van der Waals surface area contributed by atoms with Gasteiger partial charge < -0.3 is 15.0 Å². The van der Waals surface area contributed by atoms with Gasteiger partial charge in [-0.05, 0) is 20.8 Å². The fourth-order valence-corrected chi connectivity index (χ4v) is 2.42. The van der Waals surface area contributed by atoms with Gasteiger partial charge in [-0.3, -0.25) is 9.69 Å². The molecule has 2 heterocycles. The van der Waals surface area contributed by atoms with Crippen LogP contribution in [0, 0.1) is 0 Å². The summed E-state index contributed by atoms with van der Waals surface area (Å²) in [5.74, 6) is 0.141. The molecule has 9 heteroatoms. The molecule has 1 aliphatic heterocycles. The van der Waals surface area contributed by atoms with Crippen molar-refractivity contribution in [3.63, 3.8) is 0 Å². The summed E-state index contributed by atoms with van der Waals surface area (Å²) in [6.45, 7) is 5.50. The summed E-state index contributed by atoms with van der Waals surface area (Å²) < 4.78 is 5.31. The SMILES string of the molecule is CN1C(=O)[C@@H](N(C)C(=O)OC(C)(C)C)CNc2ncnc(Cl)c21. The van der Waals surface area contributed by atoms with Crippen LogP contribution < -0.4 is 10.2 Å². The smallest absolute Gasteiger partial charge is 0.410 e. The second-order valence-corrected chi connectivity index (χ2v) is 6.60. The van der Waals surface area contributed by atoms with Crippen LogP contribution in [0.25, 0.3) is 0 Å². The number of hydrogen-bond donors (Lipinski definition) is 1. The highest BCUT2D eigenvalue weighted by Crippen LogP contribution is 2.32. The minimum atomic E-state index is -0.750. The van der Waals surface area contributed by atoms with Crippen LogP contribution in [-0.4, -0.2) is 59.2 Å². The average Bonchev–Trinajstić information content (AvgIpc) is 2.56. The number of ether oxygens (including phenoxy) is 1. The summed E-state index contributed by atoms with van der Waals surface area (Å²) in [6.07, 6.45) is 0.735. The molecular weight excluding hydrogens is 322 g/mol. The fraction of sp³-hybridized carbons (Fsp3) is 0.571. The Labute approximate surface area is 139 Å². The van der Waals surface area contributed by atoms with Crippen LogP contribution in [-0.2, 0) is 9.53 Å². The third-order valence-electron chi connectivity index (χ3n) is 3.34. The monoisotopic (exact) mass is 341 g/mol. The number of hydrogen-bond acceptors (Lipinski definition) is 6. The summed E-state index contributed by atoms with van der Waals surface area (Å²) in [5.41, 5.74) is -0.254. The molecule has 2 rings (SSSR count). The minimum Gasteiger partial charge on any atom is -0.444 e. The van der Waals surface area contributed by atoms with E-state index in [2.05, 4.69) is 15.3 Å². The largest absolute Gasteiger partial charge is 0.444 e. The molecule has 0 radical (unpaired) electrons. The lowest BCUT2D eigenvalue weighted by molar-refractivity contribution is -0.122. The van der Waals surface area contributed by atoms with Gasteiger partial charge in [0.1, 0.15) is 23.7 Å². The molecule has 1 N–H and O–H groups in total. The number of carbonyl (C=O) groups is 2. The lowest BCUT2D eigenvalue weighted by atomic mass is 10.2. The molecule has 0 spiro atoms. The zero-order chi connectivity index (χ0) is 17.4. The van der Waals surface area contributed by atoms with Crippen LogP contribution in [0.1, 0.15) is 20.8 Å². The van der Waals surface area contributed by atoms with Gasteiger partial charge in [0.25, 0.3) is 5.91 Å². The molecule has 23 heavy (non-hydrogen) atoms. The second kappa shape index (κ2) is 6.19. The van der Waals surface area contributed by atoms with Crippen molar-refractivity contribution in [2.45, 2.75) is 32.4 Å². The first-order valence-electron chi connectivity index (χ1n) is 7.09. The van der Waals surface area contributed by atoms with Crippen LogP contribution in [0.4, 0.5) is 16.3 Å². The van der Waals surface area contributed by atoms with Gasteiger partial charge in [-0.2, -0.15) is 0 Å². The van der Waals surface area contributed by atoms with Crippen LogP contribution in [0.15, 0.2) is 6.33 Å². The number of aromatic nitrogens is 2. The van der Waals surface area contributed by atoms with Gasteiger partial charge in [-0.1, -0.05) is 11.6 Å². The number of nitrogens with zero attached hydrogens (tertiary/aromatic N) is 4. The number of carbonyl (C=O) groups excluding carboxylic acids is 2. The lowest BCUT2D eigenvalue weighted by Gasteiger charge is -2.30. The predicted octanol–water partition coefficient (Wildman–Crippen LogP) is 1.75. The van der Waals surface area contributed by atoms with E-state index in [-0.39, 0.29) is 17.6 Å². The zero-order valence-electron chi connectivity index (χ0n) is 13.8. The molecule has 0 saturated carbocycles. The Morgan fingerprint density at radius 2 is 2.13 bits per heavy atom. The summed E-state index contributed by atoms with van der Waals surface area (Å²) in [7, 11) is 3.09. The molecule has 0 saturated heterocycles. The van der Waals surface area contributed by atoms with Crippen molar-refractivity contribution >= 4 is 35.1 Å².